The Balaban J connectivity index is 1.45. The number of Topliss-reactive ketones (excluding diaryl/α,β-unsaturated/α-hetero) is 4. The molecule has 0 aliphatic heterocycles. The molecule has 1 aromatic carbocycles. The van der Waals surface area contributed by atoms with Gasteiger partial charge in [0, 0.05) is 25.0 Å². The molecular weight excluding hydrogens is 571 g/mol. The number of phenols is 1. The van der Waals surface area contributed by atoms with Gasteiger partial charge in [0.15, 0.2) is 34.7 Å². The molecule has 0 bridgehead atoms. The zero-order valence-electron chi connectivity index (χ0n) is 23.8. The van der Waals surface area contributed by atoms with Gasteiger partial charge < -0.3 is 15.9 Å². The second-order valence-corrected chi connectivity index (χ2v) is 13.2. The van der Waals surface area contributed by atoms with Crippen LogP contribution in [0.4, 0.5) is 13.2 Å². The first-order valence-corrected chi connectivity index (χ1v) is 14.6. The Morgan fingerprint density at radius 2 is 1.74 bits per heavy atom. The number of alkyl halides is 3. The van der Waals surface area contributed by atoms with Crippen LogP contribution in [0.1, 0.15) is 59.2 Å². The molecule has 6 rings (SSSR count). The van der Waals surface area contributed by atoms with E-state index >= 15 is 0 Å². The number of ketones is 4. The lowest BCUT2D eigenvalue weighted by Crippen LogP contribution is -2.74. The molecule has 6 atom stereocenters. The number of carbonyl (C=O) groups excluding carboxylic acids is 5. The van der Waals surface area contributed by atoms with Crippen molar-refractivity contribution in [3.63, 3.8) is 0 Å². The number of nitrogens with two attached hydrogens (primary N) is 1. The maximum absolute atomic E-state index is 14.8. The van der Waals surface area contributed by atoms with E-state index in [2.05, 4.69) is 0 Å². The van der Waals surface area contributed by atoms with Gasteiger partial charge in [-0.1, -0.05) is 0 Å². The first-order chi connectivity index (χ1) is 20.1. The van der Waals surface area contributed by atoms with Crippen LogP contribution in [-0.2, 0) is 38.3 Å². The summed E-state index contributed by atoms with van der Waals surface area (Å²) in [5.74, 6) is -12.8. The number of benzene rings is 1. The number of primary amides is 1. The number of halogens is 3. The summed E-state index contributed by atoms with van der Waals surface area (Å²) in [5, 5.41) is 22.6. The summed E-state index contributed by atoms with van der Waals surface area (Å²) in [5.41, 5.74) is 0.129. The molecule has 5 aliphatic carbocycles. The van der Waals surface area contributed by atoms with E-state index in [1.807, 2.05) is 4.90 Å². The summed E-state index contributed by atoms with van der Waals surface area (Å²) in [7, 11) is 2.88. The van der Waals surface area contributed by atoms with Crippen molar-refractivity contribution in [1.29, 1.82) is 0 Å². The van der Waals surface area contributed by atoms with Crippen LogP contribution in [0.2, 0.25) is 0 Å². The predicted octanol–water partition coefficient (Wildman–Crippen LogP) is 1.26. The lowest BCUT2D eigenvalue weighted by Gasteiger charge is -2.52. The molecule has 4 N–H and O–H groups in total. The van der Waals surface area contributed by atoms with Crippen molar-refractivity contribution in [3.05, 3.63) is 28.3 Å². The summed E-state index contributed by atoms with van der Waals surface area (Å²) < 4.78 is 44.4. The Bertz CT molecular complexity index is 1450. The van der Waals surface area contributed by atoms with E-state index in [9.17, 15) is 47.4 Å². The number of aliphatic hydroxyl groups is 1. The molecule has 0 radical (unpaired) electrons. The fraction of sp³-hybridized carbons (Fsp3) is 0.633. The summed E-state index contributed by atoms with van der Waals surface area (Å²) in [6, 6.07) is -0.228. The van der Waals surface area contributed by atoms with Crippen molar-refractivity contribution in [1.82, 2.24) is 9.80 Å². The molecule has 1 aromatic rings. The van der Waals surface area contributed by atoms with E-state index in [0.29, 0.717) is 12.5 Å². The number of nitrogens with zero attached hydrogens (tertiary/aromatic N) is 2. The normalized spacial score (nSPS) is 32.6. The highest BCUT2D eigenvalue weighted by Gasteiger charge is 2.69. The lowest BCUT2D eigenvalue weighted by atomic mass is 9.52. The predicted molar refractivity (Wildman–Crippen MR) is 143 cm³/mol. The zero-order valence-corrected chi connectivity index (χ0v) is 23.8. The highest BCUT2D eigenvalue weighted by Crippen LogP contribution is 2.53. The average Bonchev–Trinajstić information content (AvgIpc) is 3.79. The third kappa shape index (κ3) is 4.62. The number of carbonyl (C=O) groups is 5. The van der Waals surface area contributed by atoms with Gasteiger partial charge in [-0.25, -0.2) is 0 Å². The molecule has 232 valence electrons. The number of rotatable bonds is 7. The van der Waals surface area contributed by atoms with Crippen molar-refractivity contribution < 1.29 is 47.4 Å². The minimum absolute atomic E-state index is 0.0549. The topological polar surface area (TPSA) is 158 Å². The summed E-state index contributed by atoms with van der Waals surface area (Å²) in [6.07, 6.45) is -1.85. The molecule has 0 saturated heterocycles. The Kier molecular flexibility index (Phi) is 6.90. The standard InChI is InChI=1S/C30H34F3N3O7/c1-35(2)23-17-8-13-7-16-20(24(38)19(13)26(40)29(17,43)27(41)21(25(23)39)28(34)42)18(37)9-14(22(16)30(31,32)33)11-36(15-5-6-15)10-12-3-4-12/h9,12-13,15,17,19,21,23,37,43H,3-8,10-11H2,1-2H3,(H2,34,42)/t13-,17-,19?,21?,23-,29-/m0/s1. The smallest absolute Gasteiger partial charge is 0.417 e. The average molecular weight is 606 g/mol. The number of aromatic hydroxyl groups is 1. The van der Waals surface area contributed by atoms with Crippen molar-refractivity contribution in [2.24, 2.45) is 35.3 Å². The highest BCUT2D eigenvalue weighted by molar-refractivity contribution is 6.32. The van der Waals surface area contributed by atoms with Gasteiger partial charge in [-0.05, 0) is 81.6 Å². The number of fused-ring (bicyclic) bond motifs is 3. The SMILES string of the molecule is CN(C)[C@@H]1C(=O)C(C(N)=O)C(=O)[C@@]2(O)C(=O)C3C(=O)c4c(O)cc(CN(CC5CC5)C5CC5)c(C(F)(F)F)c4C[C@H]3C[C@@H]12. The van der Waals surface area contributed by atoms with E-state index < -0.39 is 99.4 Å². The maximum Gasteiger partial charge on any atom is 0.417 e. The van der Waals surface area contributed by atoms with E-state index in [1.165, 1.54) is 19.0 Å². The first kappa shape index (κ1) is 29.9. The molecule has 5 aliphatic rings. The third-order valence-electron chi connectivity index (χ3n) is 10.1. The van der Waals surface area contributed by atoms with E-state index in [4.69, 9.17) is 5.73 Å². The molecule has 4 fully saturated rings. The second kappa shape index (κ2) is 9.93. The van der Waals surface area contributed by atoms with E-state index in [-0.39, 0.29) is 24.6 Å². The second-order valence-electron chi connectivity index (χ2n) is 13.2. The van der Waals surface area contributed by atoms with Crippen LogP contribution in [0.3, 0.4) is 0 Å². The number of likely N-dealkylation sites (N-methyl/N-ethyl adjacent to an activating group) is 1. The quantitative estimate of drug-likeness (QED) is 0.389. The molecule has 13 heteroatoms. The highest BCUT2D eigenvalue weighted by atomic mass is 19.4. The zero-order chi connectivity index (χ0) is 31.3. The molecular formula is C30H34F3N3O7. The summed E-state index contributed by atoms with van der Waals surface area (Å²) in [6.45, 7) is 0.596. The van der Waals surface area contributed by atoms with Crippen molar-refractivity contribution in [3.8, 4) is 5.75 Å². The first-order valence-electron chi connectivity index (χ1n) is 14.6. The third-order valence-corrected chi connectivity index (χ3v) is 10.1. The van der Waals surface area contributed by atoms with Crippen LogP contribution < -0.4 is 5.73 Å². The molecule has 0 aromatic heterocycles. The van der Waals surface area contributed by atoms with Crippen molar-refractivity contribution in [2.75, 3.05) is 20.6 Å². The Morgan fingerprint density at radius 3 is 2.28 bits per heavy atom. The number of phenolic OH excluding ortho intramolecular Hbond substituents is 1. The van der Waals surface area contributed by atoms with Gasteiger partial charge in [-0.2, -0.15) is 13.2 Å². The van der Waals surface area contributed by atoms with Crippen LogP contribution in [0.15, 0.2) is 6.07 Å². The molecule has 4 saturated carbocycles. The fourth-order valence-electron chi connectivity index (χ4n) is 7.86. The van der Waals surface area contributed by atoms with Crippen molar-refractivity contribution in [2.45, 2.75) is 68.9 Å². The Hall–Kier alpha value is -3.16. The Labute approximate surface area is 245 Å². The Morgan fingerprint density at radius 1 is 1.09 bits per heavy atom. The van der Waals surface area contributed by atoms with Gasteiger partial charge in [-0.15, -0.1) is 0 Å². The number of hydrogen-bond acceptors (Lipinski definition) is 9. The van der Waals surface area contributed by atoms with Gasteiger partial charge in [0.1, 0.15) is 5.75 Å². The van der Waals surface area contributed by atoms with Crippen LogP contribution in [0.5, 0.6) is 5.75 Å². The van der Waals surface area contributed by atoms with Gasteiger partial charge in [0.05, 0.1) is 23.1 Å². The summed E-state index contributed by atoms with van der Waals surface area (Å²) in [4.78, 5) is 69.7. The molecule has 43 heavy (non-hydrogen) atoms. The molecule has 10 nitrogen and oxygen atoms in total. The largest absolute Gasteiger partial charge is 0.507 e. The maximum atomic E-state index is 14.8. The minimum Gasteiger partial charge on any atom is -0.507 e. The minimum atomic E-state index is -4.88. The number of amides is 1. The van der Waals surface area contributed by atoms with Gasteiger partial charge in [0.25, 0.3) is 0 Å². The van der Waals surface area contributed by atoms with Gasteiger partial charge >= 0.3 is 6.18 Å². The van der Waals surface area contributed by atoms with Crippen LogP contribution in [0.25, 0.3) is 0 Å². The molecule has 0 heterocycles. The van der Waals surface area contributed by atoms with Crippen molar-refractivity contribution >= 4 is 29.0 Å². The molecule has 0 spiro atoms. The summed E-state index contributed by atoms with van der Waals surface area (Å²) >= 11 is 0. The van der Waals surface area contributed by atoms with E-state index in [1.54, 1.807) is 0 Å². The van der Waals surface area contributed by atoms with Gasteiger partial charge in [-0.3, -0.25) is 33.8 Å². The van der Waals surface area contributed by atoms with Gasteiger partial charge in [0.2, 0.25) is 5.91 Å². The van der Waals surface area contributed by atoms with Crippen LogP contribution in [-0.4, -0.2) is 87.4 Å². The van der Waals surface area contributed by atoms with E-state index in [0.717, 1.165) is 31.7 Å². The molecule has 1 amide bonds. The fourth-order valence-corrected chi connectivity index (χ4v) is 7.86. The molecule has 2 unspecified atom stereocenters. The monoisotopic (exact) mass is 605 g/mol. The van der Waals surface area contributed by atoms with Crippen LogP contribution in [0, 0.1) is 29.6 Å². The number of hydrogen-bond donors (Lipinski definition) is 3. The van der Waals surface area contributed by atoms with Crippen LogP contribution >= 0.6 is 0 Å². The lowest BCUT2D eigenvalue weighted by molar-refractivity contribution is -0.181.